The zero-order chi connectivity index (χ0) is 33.9. The Kier molecular flexibility index (Phi) is 12.5. The number of aliphatic hydroxyl groups excluding tert-OH is 2. The Balaban J connectivity index is 1.34. The maximum absolute atomic E-state index is 14.0. The predicted octanol–water partition coefficient (Wildman–Crippen LogP) is 4.29. The fraction of sp³-hybridized carbons (Fsp3) is 0.312. The molecule has 1 amide bonds. The molecule has 11 nitrogen and oxygen atoms in total. The molecule has 47 heavy (non-hydrogen) atoms. The number of carbonyl (C=O) groups is 1. The molecule has 0 saturated heterocycles. The van der Waals surface area contributed by atoms with Crippen molar-refractivity contribution in [3.05, 3.63) is 94.4 Å². The van der Waals surface area contributed by atoms with Crippen molar-refractivity contribution >= 4 is 5.91 Å². The third-order valence-corrected chi connectivity index (χ3v) is 6.96. The molecule has 1 aromatic heterocycles. The van der Waals surface area contributed by atoms with Crippen molar-refractivity contribution in [3.8, 4) is 28.7 Å². The number of oxazole rings is 1. The molecular weight excluding hydrogens is 628 g/mol. The van der Waals surface area contributed by atoms with Crippen molar-refractivity contribution in [1.29, 1.82) is 0 Å². The van der Waals surface area contributed by atoms with Gasteiger partial charge in [-0.15, -0.1) is 0 Å². The number of nitrogens with two attached hydrogens (primary N) is 1. The second kappa shape index (κ2) is 16.7. The summed E-state index contributed by atoms with van der Waals surface area (Å²) >= 11 is 0. The largest absolute Gasteiger partial charge is 0.508 e. The van der Waals surface area contributed by atoms with Gasteiger partial charge in [0.1, 0.15) is 17.4 Å². The number of nitrogens with zero attached hydrogens (tertiary/aromatic N) is 1. The maximum atomic E-state index is 14.0. The summed E-state index contributed by atoms with van der Waals surface area (Å²) in [7, 11) is 0. The van der Waals surface area contributed by atoms with Gasteiger partial charge in [-0.1, -0.05) is 12.1 Å². The van der Waals surface area contributed by atoms with E-state index < -0.39 is 30.3 Å². The number of amides is 1. The summed E-state index contributed by atoms with van der Waals surface area (Å²) in [6.07, 6.45) is 0.243. The highest BCUT2D eigenvalue weighted by Gasteiger charge is 2.22. The number of rotatable bonds is 17. The van der Waals surface area contributed by atoms with E-state index in [1.54, 1.807) is 6.07 Å². The third kappa shape index (κ3) is 9.65. The van der Waals surface area contributed by atoms with Crippen LogP contribution in [0, 0.1) is 11.6 Å². The van der Waals surface area contributed by atoms with Gasteiger partial charge in [-0.25, -0.2) is 13.8 Å². The zero-order valence-corrected chi connectivity index (χ0v) is 25.0. The number of hydrogen-bond acceptors (Lipinski definition) is 10. The smallest absolute Gasteiger partial charge is 0.387 e. The highest BCUT2D eigenvalue weighted by molar-refractivity contribution is 5.93. The molecule has 0 aliphatic carbocycles. The summed E-state index contributed by atoms with van der Waals surface area (Å²) in [5.74, 6) is -2.67. The first kappa shape index (κ1) is 35.2. The summed E-state index contributed by atoms with van der Waals surface area (Å²) in [6, 6.07) is 11.4. The summed E-state index contributed by atoms with van der Waals surface area (Å²) in [5.41, 5.74) is 6.73. The molecule has 0 spiro atoms. The first-order valence-electron chi connectivity index (χ1n) is 14.5. The van der Waals surface area contributed by atoms with Crippen molar-refractivity contribution in [1.82, 2.24) is 15.6 Å². The molecule has 252 valence electrons. The fourth-order valence-electron chi connectivity index (χ4n) is 4.49. The van der Waals surface area contributed by atoms with Crippen molar-refractivity contribution in [2.45, 2.75) is 45.3 Å². The van der Waals surface area contributed by atoms with E-state index in [1.165, 1.54) is 36.4 Å². The number of aliphatic hydroxyl groups is 2. The normalized spacial score (nSPS) is 11.9. The molecule has 4 rings (SSSR count). The Bertz CT molecular complexity index is 1650. The van der Waals surface area contributed by atoms with E-state index in [-0.39, 0.29) is 78.6 Å². The van der Waals surface area contributed by atoms with E-state index in [0.29, 0.717) is 36.6 Å². The van der Waals surface area contributed by atoms with Crippen LogP contribution in [0.5, 0.6) is 17.2 Å². The molecule has 0 bridgehead atoms. The number of carbonyl (C=O) groups excluding carboxylic acids is 1. The van der Waals surface area contributed by atoms with Gasteiger partial charge in [-0.05, 0) is 61.3 Å². The topological polar surface area (TPSA) is 172 Å². The molecule has 7 N–H and O–H groups in total. The lowest BCUT2D eigenvalue weighted by Gasteiger charge is -2.14. The van der Waals surface area contributed by atoms with Crippen LogP contribution >= 0.6 is 0 Å². The molecule has 3 aromatic carbocycles. The lowest BCUT2D eigenvalue weighted by Crippen LogP contribution is -2.25. The Morgan fingerprint density at radius 1 is 1.02 bits per heavy atom. The molecule has 0 radical (unpaired) electrons. The standard InChI is InChI=1S/C32H34F4N4O7/c33-22-6-3-20(23(34)13-22)15-39-30(44)29-28(14-37)46-31(40-29)19-5-8-26(47-32(35)36)27(12-19)45-10-2-1-9-38-16-25(43)18-4-7-24(42)21(11-18)17-41/h3-8,11-13,25,32,38,41-43H,1-2,9-10,14-17,37H2,(H,39,44). The van der Waals surface area contributed by atoms with Crippen molar-refractivity contribution in [2.24, 2.45) is 5.73 Å². The fourth-order valence-corrected chi connectivity index (χ4v) is 4.49. The van der Waals surface area contributed by atoms with Crippen LogP contribution in [0.2, 0.25) is 0 Å². The number of halogens is 4. The highest BCUT2D eigenvalue weighted by atomic mass is 19.3. The van der Waals surface area contributed by atoms with Crippen molar-refractivity contribution < 1.29 is 51.6 Å². The van der Waals surface area contributed by atoms with E-state index >= 15 is 0 Å². The van der Waals surface area contributed by atoms with Crippen LogP contribution in [0.15, 0.2) is 59.0 Å². The van der Waals surface area contributed by atoms with Gasteiger partial charge in [0, 0.05) is 35.8 Å². The minimum absolute atomic E-state index is 0.0179. The monoisotopic (exact) mass is 662 g/mol. The minimum atomic E-state index is -3.12. The van der Waals surface area contributed by atoms with Gasteiger partial charge in [-0.3, -0.25) is 4.79 Å². The van der Waals surface area contributed by atoms with E-state index in [9.17, 15) is 37.7 Å². The second-order valence-electron chi connectivity index (χ2n) is 10.3. The van der Waals surface area contributed by atoms with E-state index in [2.05, 4.69) is 20.4 Å². The van der Waals surface area contributed by atoms with Gasteiger partial charge in [0.2, 0.25) is 5.89 Å². The van der Waals surface area contributed by atoms with Crippen molar-refractivity contribution in [3.63, 3.8) is 0 Å². The third-order valence-electron chi connectivity index (χ3n) is 6.96. The van der Waals surface area contributed by atoms with E-state index in [4.69, 9.17) is 14.9 Å². The predicted molar refractivity (Wildman–Crippen MR) is 161 cm³/mol. The molecule has 1 unspecified atom stereocenters. The maximum Gasteiger partial charge on any atom is 0.387 e. The number of aromatic hydroxyl groups is 1. The van der Waals surface area contributed by atoms with Crippen LogP contribution in [0.1, 0.15) is 51.9 Å². The number of aromatic nitrogens is 1. The molecule has 0 aliphatic rings. The van der Waals surface area contributed by atoms with Gasteiger partial charge in [0.15, 0.2) is 23.0 Å². The van der Waals surface area contributed by atoms with Gasteiger partial charge in [-0.2, -0.15) is 8.78 Å². The summed E-state index contributed by atoms with van der Waals surface area (Å²) in [6.45, 7) is -3.10. The number of ether oxygens (including phenoxy) is 2. The molecule has 4 aromatic rings. The average Bonchev–Trinajstić information content (AvgIpc) is 3.49. The Labute approximate surface area is 267 Å². The van der Waals surface area contributed by atoms with Gasteiger partial charge in [0.25, 0.3) is 5.91 Å². The summed E-state index contributed by atoms with van der Waals surface area (Å²) in [4.78, 5) is 17.0. The number of nitrogens with one attached hydrogen (secondary N) is 2. The summed E-state index contributed by atoms with van der Waals surface area (Å²) in [5, 5.41) is 34.9. The zero-order valence-electron chi connectivity index (χ0n) is 25.0. The minimum Gasteiger partial charge on any atom is -0.508 e. The van der Waals surface area contributed by atoms with Crippen LogP contribution in [0.4, 0.5) is 17.6 Å². The van der Waals surface area contributed by atoms with Crippen LogP contribution in [-0.2, 0) is 19.7 Å². The first-order valence-corrected chi connectivity index (χ1v) is 14.5. The molecule has 0 saturated carbocycles. The van der Waals surface area contributed by atoms with Gasteiger partial charge >= 0.3 is 6.61 Å². The number of hydrogen-bond donors (Lipinski definition) is 6. The second-order valence-corrected chi connectivity index (χ2v) is 10.3. The molecule has 0 fully saturated rings. The number of phenols is 1. The van der Waals surface area contributed by atoms with Gasteiger partial charge in [0.05, 0.1) is 25.9 Å². The SMILES string of the molecule is NCc1oc(-c2ccc(OC(F)F)c(OCCCCNCC(O)c3ccc(O)c(CO)c3)c2)nc1C(=O)NCc1ccc(F)cc1F. The molecule has 1 heterocycles. The average molecular weight is 663 g/mol. The van der Waals surface area contributed by atoms with Crippen molar-refractivity contribution in [2.75, 3.05) is 19.7 Å². The molecular formula is C32H34F4N4O7. The lowest BCUT2D eigenvalue weighted by atomic mass is 10.1. The van der Waals surface area contributed by atoms with Gasteiger partial charge < -0.3 is 45.6 Å². The van der Waals surface area contributed by atoms with E-state index in [0.717, 1.165) is 6.07 Å². The van der Waals surface area contributed by atoms with Crippen LogP contribution in [0.25, 0.3) is 11.5 Å². The summed E-state index contributed by atoms with van der Waals surface area (Å²) < 4.78 is 69.3. The number of alkyl halides is 2. The lowest BCUT2D eigenvalue weighted by molar-refractivity contribution is -0.0515. The van der Waals surface area contributed by atoms with Crippen LogP contribution in [0.3, 0.4) is 0 Å². The highest BCUT2D eigenvalue weighted by Crippen LogP contribution is 2.34. The molecule has 0 aliphatic heterocycles. The Hall–Kier alpha value is -4.70. The van der Waals surface area contributed by atoms with Crippen LogP contribution in [-0.4, -0.2) is 52.5 Å². The Morgan fingerprint density at radius 2 is 1.83 bits per heavy atom. The number of benzene rings is 3. The molecule has 1 atom stereocenters. The number of unbranched alkanes of at least 4 members (excludes halogenated alkanes) is 1. The van der Waals surface area contributed by atoms with Crippen LogP contribution < -0.4 is 25.8 Å². The Morgan fingerprint density at radius 3 is 2.55 bits per heavy atom. The quantitative estimate of drug-likeness (QED) is 0.0708. The first-order chi connectivity index (χ1) is 22.6. The van der Waals surface area contributed by atoms with E-state index in [1.807, 2.05) is 0 Å². The molecule has 15 heteroatoms.